The first-order valence-corrected chi connectivity index (χ1v) is 7.35. The van der Waals surface area contributed by atoms with Gasteiger partial charge in [0.1, 0.15) is 5.75 Å². The quantitative estimate of drug-likeness (QED) is 0.440. The van der Waals surface area contributed by atoms with Crippen molar-refractivity contribution >= 4 is 28.2 Å². The molecule has 0 aliphatic heterocycles. The lowest BCUT2D eigenvalue weighted by atomic mass is 10.1. The van der Waals surface area contributed by atoms with E-state index in [0.717, 1.165) is 0 Å². The fourth-order valence-corrected chi connectivity index (χ4v) is 2.15. The van der Waals surface area contributed by atoms with E-state index in [4.69, 9.17) is 10.5 Å². The Balaban J connectivity index is 2.48. The Morgan fingerprint density at radius 3 is 2.45 bits per heavy atom. The minimum absolute atomic E-state index is 0.0559. The van der Waals surface area contributed by atoms with Gasteiger partial charge in [-0.05, 0) is 24.3 Å². The maximum absolute atomic E-state index is 11.6. The summed E-state index contributed by atoms with van der Waals surface area (Å²) in [5.41, 5.74) is 6.14. The summed E-state index contributed by atoms with van der Waals surface area (Å²) in [5.74, 6) is -0.0515. The normalized spacial score (nSPS) is 10.3. The molecule has 0 aromatic heterocycles. The molecular weight excluding hydrogens is 308 g/mol. The Bertz CT molecular complexity index is 751. The molecule has 116 valence electrons. The molecule has 0 fully saturated rings. The van der Waals surface area contributed by atoms with Gasteiger partial charge in [-0.15, -0.1) is 0 Å². The summed E-state index contributed by atoms with van der Waals surface area (Å²) in [7, 11) is -1.74. The van der Waals surface area contributed by atoms with E-state index in [1.165, 1.54) is 19.2 Å². The maximum atomic E-state index is 11.6. The van der Waals surface area contributed by atoms with Gasteiger partial charge in [0.15, 0.2) is 5.75 Å². The lowest BCUT2D eigenvalue weighted by molar-refractivity contribution is 0.0601. The van der Waals surface area contributed by atoms with Crippen LogP contribution in [0.15, 0.2) is 42.5 Å². The Morgan fingerprint density at radius 2 is 1.86 bits per heavy atom. The summed E-state index contributed by atoms with van der Waals surface area (Å²) in [6.45, 7) is 0. The molecule has 0 spiro atoms. The molecule has 0 aliphatic carbocycles. The summed E-state index contributed by atoms with van der Waals surface area (Å²) < 4.78 is 34.3. The number of thiol groups is 1. The molecule has 0 saturated carbocycles. The molecule has 3 N–H and O–H groups in total. The fourth-order valence-electron chi connectivity index (χ4n) is 1.79. The van der Waals surface area contributed by atoms with Crippen molar-refractivity contribution in [2.24, 2.45) is 0 Å². The second-order valence-electron chi connectivity index (χ2n) is 4.22. The molecule has 0 unspecified atom stereocenters. The van der Waals surface area contributed by atoms with Crippen molar-refractivity contribution in [3.63, 3.8) is 0 Å². The van der Waals surface area contributed by atoms with E-state index < -0.39 is 16.9 Å². The molecule has 7 nitrogen and oxygen atoms in total. The number of anilines is 2. The van der Waals surface area contributed by atoms with Crippen LogP contribution in [0.25, 0.3) is 0 Å². The molecule has 2 rings (SSSR count). The van der Waals surface area contributed by atoms with E-state index in [0.29, 0.717) is 5.75 Å². The molecule has 0 atom stereocenters. The highest BCUT2D eigenvalue weighted by atomic mass is 32.2. The molecular formula is C14H14N2O5S. The SMILES string of the molecule is COC(=O)c1cc(N)c(Oc2ccccc2)c(N[SH](=O)=O)c1. The lowest BCUT2D eigenvalue weighted by Crippen LogP contribution is -2.07. The number of esters is 1. The third-order valence-electron chi connectivity index (χ3n) is 2.71. The fraction of sp³-hybridized carbons (Fsp3) is 0.0714. The number of para-hydroxylation sites is 1. The number of carbonyl (C=O) groups is 1. The maximum Gasteiger partial charge on any atom is 0.338 e. The number of hydrogen-bond donors (Lipinski definition) is 3. The summed E-state index contributed by atoms with van der Waals surface area (Å²) in [5, 5.41) is 0. The Hall–Kier alpha value is -2.74. The van der Waals surface area contributed by atoms with Crippen LogP contribution in [0.1, 0.15) is 10.4 Å². The number of methoxy groups -OCH3 is 1. The number of nitrogen functional groups attached to an aromatic ring is 1. The predicted octanol–water partition coefficient (Wildman–Crippen LogP) is 1.79. The summed E-state index contributed by atoms with van der Waals surface area (Å²) in [4.78, 5) is 11.6. The molecule has 0 heterocycles. The van der Waals surface area contributed by atoms with Crippen LogP contribution in [-0.4, -0.2) is 21.5 Å². The van der Waals surface area contributed by atoms with Crippen molar-refractivity contribution in [3.8, 4) is 11.5 Å². The minimum Gasteiger partial charge on any atom is -0.465 e. The number of nitrogens with two attached hydrogens (primary N) is 1. The first-order valence-electron chi connectivity index (χ1n) is 6.17. The number of ether oxygens (including phenoxy) is 2. The first kappa shape index (κ1) is 15.6. The van der Waals surface area contributed by atoms with Gasteiger partial charge < -0.3 is 15.2 Å². The highest BCUT2D eigenvalue weighted by Gasteiger charge is 2.16. The zero-order valence-corrected chi connectivity index (χ0v) is 12.5. The van der Waals surface area contributed by atoms with Gasteiger partial charge in [-0.2, -0.15) is 0 Å². The molecule has 0 amide bonds. The van der Waals surface area contributed by atoms with E-state index >= 15 is 0 Å². The van der Waals surface area contributed by atoms with Crippen molar-refractivity contribution in [2.45, 2.75) is 0 Å². The minimum atomic E-state index is -2.95. The van der Waals surface area contributed by atoms with Crippen LogP contribution in [0.2, 0.25) is 0 Å². The number of rotatable bonds is 5. The molecule has 0 aliphatic rings. The molecule has 2 aromatic carbocycles. The Morgan fingerprint density at radius 1 is 1.18 bits per heavy atom. The van der Waals surface area contributed by atoms with Gasteiger partial charge in [0.2, 0.25) is 10.9 Å². The van der Waals surface area contributed by atoms with Gasteiger partial charge in [0.25, 0.3) is 0 Å². The topological polar surface area (TPSA) is 108 Å². The summed E-state index contributed by atoms with van der Waals surface area (Å²) in [6, 6.07) is 11.4. The smallest absolute Gasteiger partial charge is 0.338 e. The predicted molar refractivity (Wildman–Crippen MR) is 82.6 cm³/mol. The van der Waals surface area contributed by atoms with Gasteiger partial charge in [0, 0.05) is 0 Å². The zero-order chi connectivity index (χ0) is 16.1. The lowest BCUT2D eigenvalue weighted by Gasteiger charge is -2.14. The van der Waals surface area contributed by atoms with Gasteiger partial charge in [-0.1, -0.05) is 18.2 Å². The molecule has 2 aromatic rings. The Kier molecular flexibility index (Phi) is 4.84. The number of carbonyl (C=O) groups excluding carboxylic acids is 1. The molecule has 0 saturated heterocycles. The average Bonchev–Trinajstić information content (AvgIpc) is 2.50. The van der Waals surface area contributed by atoms with Crippen LogP contribution < -0.4 is 15.2 Å². The third kappa shape index (κ3) is 3.67. The molecule has 8 heteroatoms. The van der Waals surface area contributed by atoms with E-state index in [9.17, 15) is 13.2 Å². The average molecular weight is 322 g/mol. The monoisotopic (exact) mass is 322 g/mol. The van der Waals surface area contributed by atoms with Crippen molar-refractivity contribution in [3.05, 3.63) is 48.0 Å². The van der Waals surface area contributed by atoms with E-state index in [1.807, 2.05) is 6.07 Å². The van der Waals surface area contributed by atoms with Crippen molar-refractivity contribution in [1.29, 1.82) is 0 Å². The van der Waals surface area contributed by atoms with Gasteiger partial charge in [0.05, 0.1) is 24.0 Å². The third-order valence-corrected chi connectivity index (χ3v) is 3.14. The van der Waals surface area contributed by atoms with Crippen LogP contribution in [0.3, 0.4) is 0 Å². The van der Waals surface area contributed by atoms with Gasteiger partial charge in [-0.25, -0.2) is 13.2 Å². The highest BCUT2D eigenvalue weighted by Crippen LogP contribution is 2.36. The molecule has 22 heavy (non-hydrogen) atoms. The van der Waals surface area contributed by atoms with Crippen LogP contribution in [0.5, 0.6) is 11.5 Å². The van der Waals surface area contributed by atoms with E-state index in [1.54, 1.807) is 24.3 Å². The molecule has 0 bridgehead atoms. The largest absolute Gasteiger partial charge is 0.465 e. The van der Waals surface area contributed by atoms with E-state index in [2.05, 4.69) is 9.46 Å². The van der Waals surface area contributed by atoms with Crippen molar-refractivity contribution in [1.82, 2.24) is 0 Å². The standard InChI is InChI=1S/C14H14N2O5S/c1-20-14(17)9-7-11(15)13(12(8-9)16-22(18)19)21-10-5-3-2-4-6-10/h2-8,22H,15H2,1H3,(H,16,18,19). The van der Waals surface area contributed by atoms with Gasteiger partial charge in [-0.3, -0.25) is 4.72 Å². The number of benzene rings is 2. The van der Waals surface area contributed by atoms with Gasteiger partial charge >= 0.3 is 5.97 Å². The summed E-state index contributed by atoms with van der Waals surface area (Å²) in [6.07, 6.45) is 0. The second-order valence-corrected chi connectivity index (χ2v) is 4.96. The summed E-state index contributed by atoms with van der Waals surface area (Å²) >= 11 is 0. The molecule has 0 radical (unpaired) electrons. The number of nitrogens with one attached hydrogen (secondary N) is 1. The highest BCUT2D eigenvalue weighted by molar-refractivity contribution is 7.73. The Labute approximate surface area is 128 Å². The van der Waals surface area contributed by atoms with Crippen molar-refractivity contribution < 1.29 is 22.7 Å². The van der Waals surface area contributed by atoms with Crippen LogP contribution in [-0.2, 0) is 15.6 Å². The van der Waals surface area contributed by atoms with Crippen LogP contribution >= 0.6 is 0 Å². The van der Waals surface area contributed by atoms with E-state index in [-0.39, 0.29) is 22.7 Å². The second kappa shape index (κ2) is 6.81. The van der Waals surface area contributed by atoms with Crippen LogP contribution in [0.4, 0.5) is 11.4 Å². The first-order chi connectivity index (χ1) is 10.5. The number of hydrogen-bond acceptors (Lipinski definition) is 6. The van der Waals surface area contributed by atoms with Crippen molar-refractivity contribution in [2.75, 3.05) is 17.6 Å². The zero-order valence-electron chi connectivity index (χ0n) is 11.6. The van der Waals surface area contributed by atoms with Crippen LogP contribution in [0, 0.1) is 0 Å².